The van der Waals surface area contributed by atoms with Gasteiger partial charge in [0, 0.05) is 29.6 Å². The molecule has 0 amide bonds. The van der Waals surface area contributed by atoms with Gasteiger partial charge in [-0.1, -0.05) is 6.07 Å². The molecular formula is C22H21F3N4. The average Bonchev–Trinajstić information content (AvgIpc) is 2.68. The van der Waals surface area contributed by atoms with Crippen LogP contribution in [-0.2, 0) is 6.42 Å². The fourth-order valence-corrected chi connectivity index (χ4v) is 3.73. The summed E-state index contributed by atoms with van der Waals surface area (Å²) in [7, 11) is 0. The summed E-state index contributed by atoms with van der Waals surface area (Å²) in [5, 5.41) is 2.95. The molecule has 0 spiro atoms. The fourth-order valence-electron chi connectivity index (χ4n) is 3.73. The monoisotopic (exact) mass is 398 g/mol. The number of nitrogens with one attached hydrogen (secondary N) is 1. The molecule has 4 rings (SSSR count). The lowest BCUT2D eigenvalue weighted by molar-refractivity contribution is 0.509. The van der Waals surface area contributed by atoms with E-state index in [2.05, 4.69) is 20.2 Å². The van der Waals surface area contributed by atoms with E-state index in [9.17, 15) is 13.2 Å². The van der Waals surface area contributed by atoms with Gasteiger partial charge >= 0.3 is 0 Å². The maximum atomic E-state index is 13.8. The summed E-state index contributed by atoms with van der Waals surface area (Å²) in [5.41, 5.74) is 4.14. The molecule has 0 fully saturated rings. The van der Waals surface area contributed by atoms with Crippen LogP contribution in [-0.4, -0.2) is 16.5 Å². The molecule has 150 valence electrons. The minimum absolute atomic E-state index is 0.0569. The first-order valence-electron chi connectivity index (χ1n) is 9.46. The normalized spacial score (nSPS) is 15.9. The third-order valence-corrected chi connectivity index (χ3v) is 5.46. The largest absolute Gasteiger partial charge is 0.349 e. The van der Waals surface area contributed by atoms with Crippen molar-refractivity contribution < 1.29 is 13.2 Å². The molecule has 2 heterocycles. The number of hydrogen-bond acceptors (Lipinski definition) is 4. The third kappa shape index (κ3) is 3.64. The van der Waals surface area contributed by atoms with Crippen LogP contribution in [0.1, 0.15) is 35.3 Å². The SMILES string of the molecule is Cc1nc(Nc2ccc(F)c(F)c2)nc(N2CCc3ccc(F)cc3C2C)c1C. The molecule has 2 aromatic carbocycles. The van der Waals surface area contributed by atoms with Crippen molar-refractivity contribution in [2.24, 2.45) is 0 Å². The van der Waals surface area contributed by atoms with Crippen LogP contribution in [0.3, 0.4) is 0 Å². The molecule has 0 saturated carbocycles. The predicted octanol–water partition coefficient (Wildman–Crippen LogP) is 5.38. The first-order chi connectivity index (χ1) is 13.8. The minimum atomic E-state index is -0.942. The second kappa shape index (κ2) is 7.39. The molecule has 1 unspecified atom stereocenters. The van der Waals surface area contributed by atoms with Gasteiger partial charge in [-0.05, 0) is 62.6 Å². The summed E-state index contributed by atoms with van der Waals surface area (Å²) >= 11 is 0. The van der Waals surface area contributed by atoms with Crippen LogP contribution in [0.2, 0.25) is 0 Å². The van der Waals surface area contributed by atoms with E-state index in [1.807, 2.05) is 26.8 Å². The second-order valence-corrected chi connectivity index (χ2v) is 7.30. The molecular weight excluding hydrogens is 377 g/mol. The highest BCUT2D eigenvalue weighted by Crippen LogP contribution is 2.35. The van der Waals surface area contributed by atoms with E-state index in [1.54, 1.807) is 6.07 Å². The zero-order chi connectivity index (χ0) is 20.7. The van der Waals surface area contributed by atoms with E-state index in [-0.39, 0.29) is 11.9 Å². The van der Waals surface area contributed by atoms with Crippen LogP contribution >= 0.6 is 0 Å². The number of hydrogen-bond donors (Lipinski definition) is 1. The van der Waals surface area contributed by atoms with Crippen LogP contribution in [0.5, 0.6) is 0 Å². The Kier molecular flexibility index (Phi) is 4.90. The van der Waals surface area contributed by atoms with Crippen molar-refractivity contribution in [3.05, 3.63) is 76.2 Å². The van der Waals surface area contributed by atoms with Crippen molar-refractivity contribution in [1.29, 1.82) is 0 Å². The zero-order valence-electron chi connectivity index (χ0n) is 16.4. The van der Waals surface area contributed by atoms with E-state index in [0.717, 1.165) is 53.3 Å². The summed E-state index contributed by atoms with van der Waals surface area (Å²) in [5.74, 6) is -1.07. The third-order valence-electron chi connectivity index (χ3n) is 5.46. The van der Waals surface area contributed by atoms with Crippen LogP contribution in [0.4, 0.5) is 30.6 Å². The van der Waals surface area contributed by atoms with Gasteiger partial charge in [0.15, 0.2) is 11.6 Å². The van der Waals surface area contributed by atoms with Crippen molar-refractivity contribution in [2.75, 3.05) is 16.8 Å². The summed E-state index contributed by atoms with van der Waals surface area (Å²) in [6, 6.07) is 8.40. The zero-order valence-corrected chi connectivity index (χ0v) is 16.4. The summed E-state index contributed by atoms with van der Waals surface area (Å²) in [6.07, 6.45) is 0.786. The number of aromatic nitrogens is 2. The Balaban J connectivity index is 1.69. The molecule has 0 radical (unpaired) electrons. The Morgan fingerprint density at radius 3 is 2.55 bits per heavy atom. The van der Waals surface area contributed by atoms with E-state index >= 15 is 0 Å². The highest BCUT2D eigenvalue weighted by atomic mass is 19.2. The maximum absolute atomic E-state index is 13.8. The van der Waals surface area contributed by atoms with Gasteiger partial charge in [0.05, 0.1) is 6.04 Å². The predicted molar refractivity (Wildman–Crippen MR) is 107 cm³/mol. The molecule has 1 aromatic heterocycles. The van der Waals surface area contributed by atoms with Crippen LogP contribution in [0, 0.1) is 31.3 Å². The van der Waals surface area contributed by atoms with Crippen LogP contribution in [0.25, 0.3) is 0 Å². The van der Waals surface area contributed by atoms with Gasteiger partial charge in [-0.2, -0.15) is 4.98 Å². The number of fused-ring (bicyclic) bond motifs is 1. The average molecular weight is 398 g/mol. The van der Waals surface area contributed by atoms with Gasteiger partial charge in [0.2, 0.25) is 5.95 Å². The Hall–Kier alpha value is -3.09. The fraction of sp³-hybridized carbons (Fsp3) is 0.273. The highest BCUT2D eigenvalue weighted by molar-refractivity contribution is 5.59. The molecule has 3 aromatic rings. The number of nitrogens with zero attached hydrogens (tertiary/aromatic N) is 3. The molecule has 29 heavy (non-hydrogen) atoms. The lowest BCUT2D eigenvalue weighted by atomic mass is 9.93. The molecule has 7 heteroatoms. The Bertz CT molecular complexity index is 1080. The number of rotatable bonds is 3. The van der Waals surface area contributed by atoms with Gasteiger partial charge in [0.1, 0.15) is 11.6 Å². The Labute approximate surface area is 167 Å². The lowest BCUT2D eigenvalue weighted by Gasteiger charge is -2.37. The van der Waals surface area contributed by atoms with Gasteiger partial charge in [0.25, 0.3) is 0 Å². The molecule has 1 aliphatic rings. The molecule has 1 atom stereocenters. The summed E-state index contributed by atoms with van der Waals surface area (Å²) in [6.45, 7) is 6.58. The molecule has 1 aliphatic heterocycles. The van der Waals surface area contributed by atoms with Gasteiger partial charge in [-0.25, -0.2) is 18.2 Å². The molecule has 4 nitrogen and oxygen atoms in total. The van der Waals surface area contributed by atoms with Crippen molar-refractivity contribution in [3.8, 4) is 0 Å². The number of aryl methyl sites for hydroxylation is 1. The lowest BCUT2D eigenvalue weighted by Crippen LogP contribution is -2.35. The first-order valence-corrected chi connectivity index (χ1v) is 9.46. The van der Waals surface area contributed by atoms with E-state index in [1.165, 1.54) is 12.1 Å². The number of anilines is 3. The van der Waals surface area contributed by atoms with Crippen LogP contribution < -0.4 is 10.2 Å². The van der Waals surface area contributed by atoms with E-state index in [0.29, 0.717) is 11.6 Å². The van der Waals surface area contributed by atoms with Crippen molar-refractivity contribution >= 4 is 17.5 Å². The molecule has 0 saturated heterocycles. The summed E-state index contributed by atoms with van der Waals surface area (Å²) in [4.78, 5) is 11.2. The van der Waals surface area contributed by atoms with Crippen molar-refractivity contribution in [3.63, 3.8) is 0 Å². The Morgan fingerprint density at radius 1 is 1.00 bits per heavy atom. The van der Waals surface area contributed by atoms with Gasteiger partial charge in [-0.15, -0.1) is 0 Å². The van der Waals surface area contributed by atoms with Crippen LogP contribution in [0.15, 0.2) is 36.4 Å². The smallest absolute Gasteiger partial charge is 0.229 e. The summed E-state index contributed by atoms with van der Waals surface area (Å²) < 4.78 is 40.5. The van der Waals surface area contributed by atoms with Gasteiger partial charge < -0.3 is 10.2 Å². The van der Waals surface area contributed by atoms with Gasteiger partial charge in [-0.3, -0.25) is 0 Å². The molecule has 1 N–H and O–H groups in total. The van der Waals surface area contributed by atoms with Crippen molar-refractivity contribution in [1.82, 2.24) is 9.97 Å². The highest BCUT2D eigenvalue weighted by Gasteiger charge is 2.27. The quantitative estimate of drug-likeness (QED) is 0.643. The minimum Gasteiger partial charge on any atom is -0.349 e. The number of benzene rings is 2. The number of halogens is 3. The maximum Gasteiger partial charge on any atom is 0.229 e. The molecule has 0 aliphatic carbocycles. The second-order valence-electron chi connectivity index (χ2n) is 7.30. The van der Waals surface area contributed by atoms with E-state index in [4.69, 9.17) is 0 Å². The van der Waals surface area contributed by atoms with E-state index < -0.39 is 11.6 Å². The van der Waals surface area contributed by atoms with Crippen molar-refractivity contribution in [2.45, 2.75) is 33.2 Å². The standard InChI is InChI=1S/C22H21F3N4/c1-12-13(2)26-22(27-17-6-7-19(24)20(25)11-17)28-21(12)29-9-8-15-4-5-16(23)10-18(15)14(29)3/h4-7,10-11,14H,8-9H2,1-3H3,(H,26,27,28). The molecule has 0 bridgehead atoms. The Morgan fingerprint density at radius 2 is 1.79 bits per heavy atom. The first kappa shape index (κ1) is 19.2. The topological polar surface area (TPSA) is 41.1 Å².